The van der Waals surface area contributed by atoms with Crippen molar-refractivity contribution in [1.29, 1.82) is 0 Å². The third-order valence-electron chi connectivity index (χ3n) is 1.89. The molecule has 0 radical (unpaired) electrons. The van der Waals surface area contributed by atoms with Crippen LogP contribution in [0.5, 0.6) is 0 Å². The monoisotopic (exact) mass is 172 g/mol. The smallest absolute Gasteiger partial charge is 0.239 e. The molecule has 0 aromatic carbocycles. The Labute approximate surface area is 74.9 Å². The molecule has 12 heavy (non-hydrogen) atoms. The molecule has 72 valence electrons. The average Bonchev–Trinajstić information content (AvgIpc) is 2.00. The normalized spacial score (nSPS) is 13.2. The third-order valence-corrected chi connectivity index (χ3v) is 1.89. The van der Waals surface area contributed by atoms with Gasteiger partial charge in [-0.05, 0) is 19.3 Å². The number of nitrogens with zero attached hydrogens (tertiary/aromatic N) is 1. The van der Waals surface area contributed by atoms with Gasteiger partial charge in [-0.2, -0.15) is 0 Å². The lowest BCUT2D eigenvalue weighted by Crippen LogP contribution is -2.42. The molecule has 0 aliphatic heterocycles. The van der Waals surface area contributed by atoms with Crippen molar-refractivity contribution in [3.8, 4) is 0 Å². The minimum Gasteiger partial charge on any atom is -0.345 e. The van der Waals surface area contributed by atoms with Gasteiger partial charge in [0.15, 0.2) is 0 Å². The van der Waals surface area contributed by atoms with Gasteiger partial charge in [0.2, 0.25) is 5.91 Å². The van der Waals surface area contributed by atoms with Gasteiger partial charge in [0, 0.05) is 13.6 Å². The highest BCUT2D eigenvalue weighted by molar-refractivity contribution is 5.81. The van der Waals surface area contributed by atoms with Gasteiger partial charge in [0.25, 0.3) is 0 Å². The highest BCUT2D eigenvalue weighted by Gasteiger charge is 2.17. The lowest BCUT2D eigenvalue weighted by molar-refractivity contribution is -0.131. The maximum absolute atomic E-state index is 11.4. The molecule has 0 fully saturated rings. The van der Waals surface area contributed by atoms with Crippen molar-refractivity contribution in [1.82, 2.24) is 4.90 Å². The molecule has 0 heterocycles. The van der Waals surface area contributed by atoms with E-state index in [-0.39, 0.29) is 11.9 Å². The fourth-order valence-electron chi connectivity index (χ4n) is 1.05. The topological polar surface area (TPSA) is 46.3 Å². The summed E-state index contributed by atoms with van der Waals surface area (Å²) in [4.78, 5) is 13.1. The van der Waals surface area contributed by atoms with Crippen LogP contribution < -0.4 is 5.73 Å². The van der Waals surface area contributed by atoms with Gasteiger partial charge < -0.3 is 10.6 Å². The average molecular weight is 172 g/mol. The second-order valence-electron chi connectivity index (χ2n) is 3.59. The van der Waals surface area contributed by atoms with Crippen LogP contribution in [0.25, 0.3) is 0 Å². The molecule has 1 amide bonds. The summed E-state index contributed by atoms with van der Waals surface area (Å²) in [5.41, 5.74) is 5.70. The maximum Gasteiger partial charge on any atom is 0.239 e. The van der Waals surface area contributed by atoms with Crippen LogP contribution in [0, 0.1) is 5.92 Å². The van der Waals surface area contributed by atoms with Gasteiger partial charge in [-0.1, -0.05) is 13.8 Å². The Balaban J connectivity index is 3.92. The quantitative estimate of drug-likeness (QED) is 0.683. The molecule has 0 saturated carbocycles. The first-order valence-corrected chi connectivity index (χ1v) is 4.49. The Hall–Kier alpha value is -0.570. The molecule has 2 N–H and O–H groups in total. The summed E-state index contributed by atoms with van der Waals surface area (Å²) >= 11 is 0. The number of carbonyl (C=O) groups excluding carboxylic acids is 1. The van der Waals surface area contributed by atoms with Crippen molar-refractivity contribution in [2.24, 2.45) is 11.7 Å². The van der Waals surface area contributed by atoms with E-state index in [1.54, 1.807) is 11.9 Å². The fourth-order valence-corrected chi connectivity index (χ4v) is 1.05. The molecule has 0 aliphatic carbocycles. The first-order valence-electron chi connectivity index (χ1n) is 4.49. The van der Waals surface area contributed by atoms with E-state index in [9.17, 15) is 4.79 Å². The molecular weight excluding hydrogens is 152 g/mol. The van der Waals surface area contributed by atoms with Crippen molar-refractivity contribution < 1.29 is 4.79 Å². The zero-order valence-electron chi connectivity index (χ0n) is 8.50. The van der Waals surface area contributed by atoms with Crippen molar-refractivity contribution >= 4 is 5.91 Å². The molecule has 3 nitrogen and oxygen atoms in total. The Morgan fingerprint density at radius 2 is 2.00 bits per heavy atom. The van der Waals surface area contributed by atoms with Crippen LogP contribution >= 0.6 is 0 Å². The summed E-state index contributed by atoms with van der Waals surface area (Å²) in [5.74, 6) is 0.528. The second kappa shape index (κ2) is 5.14. The van der Waals surface area contributed by atoms with Gasteiger partial charge in [-0.25, -0.2) is 0 Å². The van der Waals surface area contributed by atoms with Crippen LogP contribution in [0.4, 0.5) is 0 Å². The van der Waals surface area contributed by atoms with E-state index in [0.29, 0.717) is 5.92 Å². The van der Waals surface area contributed by atoms with Gasteiger partial charge in [0.1, 0.15) is 0 Å². The summed E-state index contributed by atoms with van der Waals surface area (Å²) in [6.45, 7) is 6.81. The van der Waals surface area contributed by atoms with Crippen LogP contribution in [-0.4, -0.2) is 30.4 Å². The zero-order valence-corrected chi connectivity index (χ0v) is 8.50. The molecule has 1 atom stereocenters. The predicted octanol–water partition coefficient (Wildman–Crippen LogP) is 0.838. The first-order chi connectivity index (χ1) is 5.49. The summed E-state index contributed by atoms with van der Waals surface area (Å²) in [6.07, 6.45) is 0.767. The van der Waals surface area contributed by atoms with Crippen LogP contribution in [0.2, 0.25) is 0 Å². The van der Waals surface area contributed by atoms with Gasteiger partial charge in [-0.15, -0.1) is 0 Å². The predicted molar refractivity (Wildman–Crippen MR) is 50.7 cm³/mol. The molecule has 0 aromatic heterocycles. The van der Waals surface area contributed by atoms with E-state index in [1.807, 2.05) is 6.92 Å². The van der Waals surface area contributed by atoms with Crippen molar-refractivity contribution in [3.63, 3.8) is 0 Å². The number of hydrogen-bond acceptors (Lipinski definition) is 2. The number of rotatable bonds is 4. The third kappa shape index (κ3) is 3.72. The molecule has 3 heteroatoms. The Kier molecular flexibility index (Phi) is 4.90. The molecular formula is C9H20N2O. The highest BCUT2D eigenvalue weighted by Crippen LogP contribution is 2.04. The minimum atomic E-state index is -0.324. The van der Waals surface area contributed by atoms with Crippen molar-refractivity contribution in [3.05, 3.63) is 0 Å². The summed E-state index contributed by atoms with van der Waals surface area (Å²) in [6, 6.07) is -0.324. The van der Waals surface area contributed by atoms with E-state index in [2.05, 4.69) is 13.8 Å². The SMILES string of the molecule is CCN(C)C(=O)[C@@H](N)CC(C)C. The molecule has 0 aliphatic rings. The van der Waals surface area contributed by atoms with Crippen LogP contribution in [0.1, 0.15) is 27.2 Å². The molecule has 0 aromatic rings. The summed E-state index contributed by atoms with van der Waals surface area (Å²) < 4.78 is 0. The van der Waals surface area contributed by atoms with E-state index < -0.39 is 0 Å². The minimum absolute atomic E-state index is 0.0474. The first kappa shape index (κ1) is 11.4. The van der Waals surface area contributed by atoms with Gasteiger partial charge in [-0.3, -0.25) is 4.79 Å². The van der Waals surface area contributed by atoms with Gasteiger partial charge >= 0.3 is 0 Å². The standard InChI is InChI=1S/C9H20N2O/c1-5-11(4)9(12)8(10)6-7(2)3/h7-8H,5-6,10H2,1-4H3/t8-/m0/s1. The Morgan fingerprint density at radius 1 is 1.50 bits per heavy atom. The Bertz CT molecular complexity index is 145. The maximum atomic E-state index is 11.4. The summed E-state index contributed by atoms with van der Waals surface area (Å²) in [7, 11) is 1.78. The molecule has 0 rings (SSSR count). The molecule has 0 spiro atoms. The molecule has 0 unspecified atom stereocenters. The van der Waals surface area contributed by atoms with E-state index in [0.717, 1.165) is 13.0 Å². The number of carbonyl (C=O) groups is 1. The van der Waals surface area contributed by atoms with Crippen LogP contribution in [0.3, 0.4) is 0 Å². The molecule has 0 bridgehead atoms. The number of nitrogens with two attached hydrogens (primary N) is 1. The van der Waals surface area contributed by atoms with E-state index >= 15 is 0 Å². The summed E-state index contributed by atoms with van der Waals surface area (Å²) in [5, 5.41) is 0. The highest BCUT2D eigenvalue weighted by atomic mass is 16.2. The largest absolute Gasteiger partial charge is 0.345 e. The van der Waals surface area contributed by atoms with E-state index in [4.69, 9.17) is 5.73 Å². The van der Waals surface area contributed by atoms with Crippen molar-refractivity contribution in [2.45, 2.75) is 33.2 Å². The fraction of sp³-hybridized carbons (Fsp3) is 0.889. The second-order valence-corrected chi connectivity index (χ2v) is 3.59. The number of hydrogen-bond donors (Lipinski definition) is 1. The van der Waals surface area contributed by atoms with E-state index in [1.165, 1.54) is 0 Å². The lowest BCUT2D eigenvalue weighted by atomic mass is 10.0. The van der Waals surface area contributed by atoms with Crippen molar-refractivity contribution in [2.75, 3.05) is 13.6 Å². The number of amides is 1. The van der Waals surface area contributed by atoms with Gasteiger partial charge in [0.05, 0.1) is 6.04 Å². The lowest BCUT2D eigenvalue weighted by Gasteiger charge is -2.20. The molecule has 0 saturated heterocycles. The van der Waals surface area contributed by atoms with Crippen LogP contribution in [0.15, 0.2) is 0 Å². The van der Waals surface area contributed by atoms with Crippen LogP contribution in [-0.2, 0) is 4.79 Å². The number of likely N-dealkylation sites (N-methyl/N-ethyl adjacent to an activating group) is 1. The zero-order chi connectivity index (χ0) is 9.72. The Morgan fingerprint density at radius 3 is 2.33 bits per heavy atom.